The average molecular weight is 323 g/mol. The monoisotopic (exact) mass is 322 g/mol. The van der Waals surface area contributed by atoms with Gasteiger partial charge in [0.15, 0.2) is 11.0 Å². The van der Waals surface area contributed by atoms with E-state index in [1.54, 1.807) is 0 Å². The summed E-state index contributed by atoms with van der Waals surface area (Å²) in [4.78, 5) is 7.40. The van der Waals surface area contributed by atoms with Crippen LogP contribution in [0.4, 0.5) is 0 Å². The van der Waals surface area contributed by atoms with E-state index in [-0.39, 0.29) is 22.3 Å². The summed E-state index contributed by atoms with van der Waals surface area (Å²) < 4.78 is 29.1. The predicted octanol–water partition coefficient (Wildman–Crippen LogP) is 1.39. The maximum atomic E-state index is 11.5. The van der Waals surface area contributed by atoms with Crippen molar-refractivity contribution in [2.75, 3.05) is 7.11 Å². The van der Waals surface area contributed by atoms with Crippen molar-refractivity contribution < 1.29 is 13.2 Å². The molecule has 0 unspecified atom stereocenters. The van der Waals surface area contributed by atoms with Gasteiger partial charge in [-0.3, -0.25) is 0 Å². The van der Waals surface area contributed by atoms with Crippen molar-refractivity contribution in [3.63, 3.8) is 0 Å². The van der Waals surface area contributed by atoms with Gasteiger partial charge in [0.1, 0.15) is 16.9 Å². The Bertz CT molecular complexity index is 687. The minimum atomic E-state index is -4.04. The molecule has 2 aromatic heterocycles. The average Bonchev–Trinajstić information content (AvgIpc) is 2.67. The maximum Gasteiger partial charge on any atom is 0.266 e. The normalized spacial score (nSPS) is 11.7. The van der Waals surface area contributed by atoms with Gasteiger partial charge in [-0.05, 0) is 0 Å². The van der Waals surface area contributed by atoms with Crippen molar-refractivity contribution in [1.82, 2.24) is 19.7 Å². The molecule has 2 heterocycles. The first-order valence-electron chi connectivity index (χ1n) is 4.92. The number of aromatic nitrogens is 4. The van der Waals surface area contributed by atoms with E-state index in [2.05, 4.69) is 15.1 Å². The summed E-state index contributed by atoms with van der Waals surface area (Å²) >= 11 is 6.01. The molecule has 7 nitrogen and oxygen atoms in total. The van der Waals surface area contributed by atoms with Gasteiger partial charge >= 0.3 is 0 Å². The van der Waals surface area contributed by atoms with Gasteiger partial charge in [-0.1, -0.05) is 11.6 Å². The summed E-state index contributed by atoms with van der Waals surface area (Å²) in [5.41, 5.74) is 0.112. The molecule has 10 heteroatoms. The van der Waals surface area contributed by atoms with Gasteiger partial charge in [-0.2, -0.15) is 5.10 Å². The van der Waals surface area contributed by atoms with Crippen LogP contribution in [0.15, 0.2) is 23.5 Å². The zero-order chi connectivity index (χ0) is 14.0. The largest absolute Gasteiger partial charge is 0.378 e. The molecule has 19 heavy (non-hydrogen) atoms. The first-order valence-corrected chi connectivity index (χ1v) is 7.61. The van der Waals surface area contributed by atoms with E-state index in [1.807, 2.05) is 0 Å². The topological polar surface area (TPSA) is 87.0 Å². The van der Waals surface area contributed by atoms with Gasteiger partial charge in [0.05, 0.1) is 6.61 Å². The number of hydrogen-bond acceptors (Lipinski definition) is 6. The number of methoxy groups -OCH3 is 1. The Hall–Kier alpha value is -1.22. The Morgan fingerprint density at radius 3 is 2.74 bits per heavy atom. The van der Waals surface area contributed by atoms with Crippen molar-refractivity contribution in [3.05, 3.63) is 29.4 Å². The lowest BCUT2D eigenvalue weighted by Crippen LogP contribution is -2.00. The lowest BCUT2D eigenvalue weighted by atomic mass is 10.5. The summed E-state index contributed by atoms with van der Waals surface area (Å²) in [6, 6.07) is 1.53. The molecule has 0 saturated carbocycles. The molecule has 0 fully saturated rings. The van der Waals surface area contributed by atoms with Crippen molar-refractivity contribution in [2.24, 2.45) is 0 Å². The molecule has 0 aliphatic heterocycles. The molecule has 0 atom stereocenters. The smallest absolute Gasteiger partial charge is 0.266 e. The molecule has 2 rings (SSSR count). The van der Waals surface area contributed by atoms with Crippen LogP contribution < -0.4 is 0 Å². The Morgan fingerprint density at radius 2 is 2.21 bits per heavy atom. The van der Waals surface area contributed by atoms with Crippen LogP contribution in [0.2, 0.25) is 5.15 Å². The first-order chi connectivity index (χ1) is 8.95. The minimum absolute atomic E-state index is 0.0426. The van der Waals surface area contributed by atoms with Crippen LogP contribution in [-0.4, -0.2) is 35.3 Å². The first kappa shape index (κ1) is 14.2. The van der Waals surface area contributed by atoms with Gasteiger partial charge in [-0.25, -0.2) is 23.1 Å². The highest BCUT2D eigenvalue weighted by molar-refractivity contribution is 8.13. The standard InChI is InChI=1S/C9H8Cl2N4O3S/c1-18-4-6-8(19(11,16)17)9(10)15(14-6)7-2-3-12-5-13-7/h2-3,5H,4H2,1H3. The fraction of sp³-hybridized carbons (Fsp3) is 0.222. The molecule has 0 amide bonds. The van der Waals surface area contributed by atoms with E-state index >= 15 is 0 Å². The van der Waals surface area contributed by atoms with E-state index in [0.717, 1.165) is 4.68 Å². The molecule has 0 spiro atoms. The molecule has 0 aliphatic carbocycles. The van der Waals surface area contributed by atoms with Crippen LogP contribution in [0.3, 0.4) is 0 Å². The molecule has 0 radical (unpaired) electrons. The quantitative estimate of drug-likeness (QED) is 0.790. The summed E-state index contributed by atoms with van der Waals surface area (Å²) in [5, 5.41) is 3.89. The number of ether oxygens (including phenoxy) is 1. The molecule has 0 bridgehead atoms. The van der Waals surface area contributed by atoms with Crippen LogP contribution in [0.5, 0.6) is 0 Å². The third-order valence-corrected chi connectivity index (χ3v) is 4.01. The Kier molecular flexibility index (Phi) is 4.04. The molecule has 0 N–H and O–H groups in total. The van der Waals surface area contributed by atoms with Crippen LogP contribution in [0, 0.1) is 0 Å². The third-order valence-electron chi connectivity index (χ3n) is 2.16. The second-order valence-corrected chi connectivity index (χ2v) is 6.28. The second kappa shape index (κ2) is 5.41. The third kappa shape index (κ3) is 2.86. The van der Waals surface area contributed by atoms with E-state index < -0.39 is 9.05 Å². The molecular weight excluding hydrogens is 315 g/mol. The highest BCUT2D eigenvalue weighted by Crippen LogP contribution is 2.30. The number of nitrogens with zero attached hydrogens (tertiary/aromatic N) is 4. The minimum Gasteiger partial charge on any atom is -0.378 e. The summed E-state index contributed by atoms with van der Waals surface area (Å²) in [7, 11) is 2.72. The molecule has 0 saturated heterocycles. The van der Waals surface area contributed by atoms with Gasteiger partial charge in [0, 0.05) is 30.1 Å². The summed E-state index contributed by atoms with van der Waals surface area (Å²) in [6.45, 7) is -0.0426. The summed E-state index contributed by atoms with van der Waals surface area (Å²) in [5.74, 6) is 0.323. The van der Waals surface area contributed by atoms with Gasteiger partial charge in [0.25, 0.3) is 9.05 Å². The summed E-state index contributed by atoms with van der Waals surface area (Å²) in [6.07, 6.45) is 2.77. The van der Waals surface area contributed by atoms with Crippen LogP contribution >= 0.6 is 22.3 Å². The fourth-order valence-electron chi connectivity index (χ4n) is 1.46. The van der Waals surface area contributed by atoms with Crippen molar-refractivity contribution in [1.29, 1.82) is 0 Å². The van der Waals surface area contributed by atoms with Crippen LogP contribution in [0.1, 0.15) is 5.69 Å². The SMILES string of the molecule is COCc1nn(-c2ccncn2)c(Cl)c1S(=O)(=O)Cl. The lowest BCUT2D eigenvalue weighted by molar-refractivity contribution is 0.179. The molecule has 0 aliphatic rings. The maximum absolute atomic E-state index is 11.5. The Morgan fingerprint density at radius 1 is 1.47 bits per heavy atom. The Balaban J connectivity index is 2.66. The van der Waals surface area contributed by atoms with Crippen LogP contribution in [-0.2, 0) is 20.4 Å². The van der Waals surface area contributed by atoms with Gasteiger partial charge < -0.3 is 4.74 Å². The number of halogens is 2. The lowest BCUT2D eigenvalue weighted by Gasteiger charge is -2.00. The molecule has 0 aromatic carbocycles. The van der Waals surface area contributed by atoms with Crippen molar-refractivity contribution >= 4 is 31.3 Å². The van der Waals surface area contributed by atoms with Crippen LogP contribution in [0.25, 0.3) is 5.82 Å². The highest BCUT2D eigenvalue weighted by atomic mass is 35.7. The van der Waals surface area contributed by atoms with E-state index in [4.69, 9.17) is 27.0 Å². The molecule has 102 valence electrons. The van der Waals surface area contributed by atoms with Gasteiger partial charge in [-0.15, -0.1) is 0 Å². The second-order valence-electron chi connectivity index (χ2n) is 3.42. The number of hydrogen-bond donors (Lipinski definition) is 0. The van der Waals surface area contributed by atoms with E-state index in [1.165, 1.54) is 25.7 Å². The van der Waals surface area contributed by atoms with E-state index in [0.29, 0.717) is 5.82 Å². The highest BCUT2D eigenvalue weighted by Gasteiger charge is 2.27. The predicted molar refractivity (Wildman–Crippen MR) is 67.9 cm³/mol. The zero-order valence-corrected chi connectivity index (χ0v) is 11.9. The Labute approximate surface area is 118 Å². The van der Waals surface area contributed by atoms with Crippen molar-refractivity contribution in [2.45, 2.75) is 11.5 Å². The van der Waals surface area contributed by atoms with Gasteiger partial charge in [0.2, 0.25) is 0 Å². The molecular formula is C9H8Cl2N4O3S. The molecule has 2 aromatic rings. The fourth-order valence-corrected chi connectivity index (χ4v) is 3.27. The zero-order valence-electron chi connectivity index (χ0n) is 9.62. The van der Waals surface area contributed by atoms with Crippen molar-refractivity contribution in [3.8, 4) is 5.82 Å². The number of rotatable bonds is 4. The van der Waals surface area contributed by atoms with E-state index in [9.17, 15) is 8.42 Å².